The van der Waals surface area contributed by atoms with Crippen LogP contribution in [0.5, 0.6) is 11.5 Å². The minimum absolute atomic E-state index is 0.115. The van der Waals surface area contributed by atoms with Crippen molar-refractivity contribution in [2.45, 2.75) is 74.0 Å². The average Bonchev–Trinajstić information content (AvgIpc) is 3.06. The number of nitrogens with one attached hydrogen (secondary N) is 1. The minimum Gasteiger partial charge on any atom is -0.504 e. The van der Waals surface area contributed by atoms with Gasteiger partial charge in [0.15, 0.2) is 11.5 Å². The zero-order chi connectivity index (χ0) is 21.4. The van der Waals surface area contributed by atoms with Crippen LogP contribution < -0.4 is 10.1 Å². The molecule has 2 fully saturated rings. The molecule has 2 unspecified atom stereocenters. The maximum atomic E-state index is 11.7. The number of aliphatic hydroxyl groups excluding tert-OH is 1. The summed E-state index contributed by atoms with van der Waals surface area (Å²) in [7, 11) is 3.90. The van der Waals surface area contributed by atoms with Crippen molar-refractivity contribution in [2.24, 2.45) is 0 Å². The molecule has 0 amide bonds. The Morgan fingerprint density at radius 2 is 2.17 bits per heavy atom. The van der Waals surface area contributed by atoms with Gasteiger partial charge < -0.3 is 29.7 Å². The summed E-state index contributed by atoms with van der Waals surface area (Å²) >= 11 is 0. The summed E-state index contributed by atoms with van der Waals surface area (Å²) in [5, 5.41) is 33.4. The number of carbonyl (C=O) groups is 1. The molecule has 2 bridgehead atoms. The third kappa shape index (κ3) is 2.28. The van der Waals surface area contributed by atoms with Crippen LogP contribution in [0.25, 0.3) is 0 Å². The van der Waals surface area contributed by atoms with Crippen LogP contribution in [0.1, 0.15) is 37.3 Å². The van der Waals surface area contributed by atoms with E-state index < -0.39 is 29.1 Å². The van der Waals surface area contributed by atoms with E-state index in [1.165, 1.54) is 12.5 Å². The third-order valence-electron chi connectivity index (χ3n) is 8.20. The van der Waals surface area contributed by atoms with Gasteiger partial charge >= 0.3 is 5.97 Å². The second kappa shape index (κ2) is 6.56. The van der Waals surface area contributed by atoms with Gasteiger partial charge in [-0.25, -0.2) is 0 Å². The maximum Gasteiger partial charge on any atom is 0.323 e. The summed E-state index contributed by atoms with van der Waals surface area (Å²) in [4.78, 5) is 14.1. The summed E-state index contributed by atoms with van der Waals surface area (Å²) in [6.07, 6.45) is 1.60. The molecular weight excluding hydrogens is 388 g/mol. The molecule has 0 aromatic heterocycles. The predicted molar refractivity (Wildman–Crippen MR) is 108 cm³/mol. The zero-order valence-electron chi connectivity index (χ0n) is 17.6. The van der Waals surface area contributed by atoms with Crippen molar-refractivity contribution in [3.8, 4) is 11.5 Å². The van der Waals surface area contributed by atoms with Crippen LogP contribution in [-0.2, 0) is 21.4 Å². The number of carboxylic acid groups (broad SMARTS) is 1. The van der Waals surface area contributed by atoms with Crippen LogP contribution in [0.15, 0.2) is 12.1 Å². The Balaban J connectivity index is 1.67. The Hall–Kier alpha value is -1.87. The molecule has 7 atom stereocenters. The van der Waals surface area contributed by atoms with E-state index in [0.717, 1.165) is 31.4 Å². The molecule has 2 aliphatic heterocycles. The number of methoxy groups -OCH3 is 1. The summed E-state index contributed by atoms with van der Waals surface area (Å²) < 4.78 is 12.8. The van der Waals surface area contributed by atoms with E-state index in [-0.39, 0.29) is 23.9 Å². The van der Waals surface area contributed by atoms with E-state index in [4.69, 9.17) is 9.47 Å². The van der Waals surface area contributed by atoms with Gasteiger partial charge in [0.2, 0.25) is 0 Å². The number of aliphatic hydroxyl groups is 1. The van der Waals surface area contributed by atoms with Crippen LogP contribution in [0.2, 0.25) is 0 Å². The van der Waals surface area contributed by atoms with Crippen molar-refractivity contribution in [3.63, 3.8) is 0 Å². The van der Waals surface area contributed by atoms with E-state index in [1.807, 2.05) is 6.07 Å². The van der Waals surface area contributed by atoms with Crippen LogP contribution in [0.3, 0.4) is 0 Å². The Bertz CT molecular complexity index is 891. The molecule has 2 aliphatic carbocycles. The number of hydrogen-bond donors (Lipinski definition) is 4. The maximum absolute atomic E-state index is 11.7. The first kappa shape index (κ1) is 20.1. The second-order valence-electron chi connectivity index (χ2n) is 9.37. The second-order valence-corrected chi connectivity index (χ2v) is 9.37. The molecule has 30 heavy (non-hydrogen) atoms. The normalized spacial score (nSPS) is 38.5. The van der Waals surface area contributed by atoms with Crippen molar-refractivity contribution >= 4 is 5.97 Å². The SMILES string of the molecule is CO[C@@]12CCC(N[C@H](C(=O)O)[C@@H](C)O)C3Oc4c(O)ccc5c4[C@@]31CCN(C)[C@@H]2C5. The molecule has 1 aromatic rings. The number of aliphatic carboxylic acids is 1. The zero-order valence-corrected chi connectivity index (χ0v) is 17.6. The Labute approximate surface area is 175 Å². The molecule has 2 heterocycles. The summed E-state index contributed by atoms with van der Waals surface area (Å²) in [5.74, 6) is -0.460. The molecule has 1 saturated heterocycles. The molecule has 8 nitrogen and oxygen atoms in total. The summed E-state index contributed by atoms with van der Waals surface area (Å²) in [5.41, 5.74) is 1.26. The molecule has 8 heteroatoms. The molecule has 0 radical (unpaired) electrons. The number of piperidine rings is 1. The largest absolute Gasteiger partial charge is 0.504 e. The van der Waals surface area contributed by atoms with E-state index in [1.54, 1.807) is 13.2 Å². The molecule has 4 aliphatic rings. The van der Waals surface area contributed by atoms with E-state index in [9.17, 15) is 20.1 Å². The molecule has 1 aromatic carbocycles. The number of likely N-dealkylation sites (tertiary alicyclic amines) is 1. The highest BCUT2D eigenvalue weighted by atomic mass is 16.5. The Kier molecular flexibility index (Phi) is 4.39. The lowest BCUT2D eigenvalue weighted by molar-refractivity contribution is -0.204. The van der Waals surface area contributed by atoms with Gasteiger partial charge in [-0.15, -0.1) is 0 Å². The molecule has 1 saturated carbocycles. The van der Waals surface area contributed by atoms with Gasteiger partial charge in [0, 0.05) is 24.8 Å². The van der Waals surface area contributed by atoms with Gasteiger partial charge in [0.1, 0.15) is 12.1 Å². The number of phenols is 1. The predicted octanol–water partition coefficient (Wildman–Crippen LogP) is 0.622. The van der Waals surface area contributed by atoms with Gasteiger partial charge in [-0.3, -0.25) is 10.1 Å². The van der Waals surface area contributed by atoms with Gasteiger partial charge in [-0.05, 0) is 57.8 Å². The first-order chi connectivity index (χ1) is 14.3. The number of nitrogens with zero attached hydrogens (tertiary/aromatic N) is 1. The highest BCUT2D eigenvalue weighted by Crippen LogP contribution is 2.66. The average molecular weight is 418 g/mol. The van der Waals surface area contributed by atoms with Crippen molar-refractivity contribution in [3.05, 3.63) is 23.3 Å². The topological polar surface area (TPSA) is 111 Å². The van der Waals surface area contributed by atoms with E-state index in [2.05, 4.69) is 17.3 Å². The lowest BCUT2D eigenvalue weighted by Gasteiger charge is -2.65. The summed E-state index contributed by atoms with van der Waals surface area (Å²) in [6, 6.07) is 2.48. The molecule has 1 spiro atoms. The van der Waals surface area contributed by atoms with Gasteiger partial charge in [-0.2, -0.15) is 0 Å². The van der Waals surface area contributed by atoms with Crippen LogP contribution in [-0.4, -0.2) is 82.8 Å². The van der Waals surface area contributed by atoms with Crippen molar-refractivity contribution in [1.82, 2.24) is 10.2 Å². The molecule has 4 N–H and O–H groups in total. The minimum atomic E-state index is -1.09. The number of rotatable bonds is 5. The fourth-order valence-corrected chi connectivity index (χ4v) is 6.96. The lowest BCUT2D eigenvalue weighted by atomic mass is 9.48. The number of phenolic OH excluding ortho intramolecular Hbond substituents is 1. The van der Waals surface area contributed by atoms with Gasteiger partial charge in [0.05, 0.1) is 17.1 Å². The lowest BCUT2D eigenvalue weighted by Crippen LogP contribution is -2.78. The van der Waals surface area contributed by atoms with Crippen LogP contribution in [0.4, 0.5) is 0 Å². The number of likely N-dealkylation sites (N-methyl/N-ethyl adjacent to an activating group) is 1. The van der Waals surface area contributed by atoms with Crippen LogP contribution in [0, 0.1) is 0 Å². The number of ether oxygens (including phenoxy) is 2. The quantitative estimate of drug-likeness (QED) is 0.551. The number of carboxylic acids is 1. The van der Waals surface area contributed by atoms with Gasteiger partial charge in [0.25, 0.3) is 0 Å². The summed E-state index contributed by atoms with van der Waals surface area (Å²) in [6.45, 7) is 2.35. The van der Waals surface area contributed by atoms with Crippen molar-refractivity contribution in [1.29, 1.82) is 0 Å². The highest BCUT2D eigenvalue weighted by molar-refractivity contribution is 5.74. The molecular formula is C22H30N2O6. The third-order valence-corrected chi connectivity index (χ3v) is 8.20. The monoisotopic (exact) mass is 418 g/mol. The van der Waals surface area contributed by atoms with Crippen LogP contribution >= 0.6 is 0 Å². The fourth-order valence-electron chi connectivity index (χ4n) is 6.96. The number of benzene rings is 1. The van der Waals surface area contributed by atoms with E-state index in [0.29, 0.717) is 12.2 Å². The fraction of sp³-hybridized carbons (Fsp3) is 0.682. The molecule has 5 rings (SSSR count). The molecule has 164 valence electrons. The van der Waals surface area contributed by atoms with E-state index >= 15 is 0 Å². The standard InChI is InChI=1S/C22H30N2O6/c1-11(25)17(20(27)28)23-13-6-7-22(29-3)15-10-12-4-5-14(26)18-16(12)21(22,19(13)30-18)8-9-24(15)2/h4-5,11,13,15,17,19,23,25-26H,6-10H2,1-3H3,(H,27,28)/t11-,13?,15-,17+,19?,21+,22-/m1/s1. The van der Waals surface area contributed by atoms with Crippen molar-refractivity contribution < 1.29 is 29.6 Å². The number of hydrogen-bond acceptors (Lipinski definition) is 7. The Morgan fingerprint density at radius 1 is 1.40 bits per heavy atom. The first-order valence-corrected chi connectivity index (χ1v) is 10.7. The van der Waals surface area contributed by atoms with Crippen molar-refractivity contribution in [2.75, 3.05) is 20.7 Å². The highest BCUT2D eigenvalue weighted by Gasteiger charge is 2.73. The van der Waals surface area contributed by atoms with Gasteiger partial charge in [-0.1, -0.05) is 6.07 Å². The smallest absolute Gasteiger partial charge is 0.323 e. The number of aromatic hydroxyl groups is 1. The first-order valence-electron chi connectivity index (χ1n) is 10.7. The Morgan fingerprint density at radius 3 is 2.83 bits per heavy atom.